The van der Waals surface area contributed by atoms with Gasteiger partial charge in [-0.15, -0.1) is 0 Å². The molecule has 4 unspecified atom stereocenters. The van der Waals surface area contributed by atoms with Gasteiger partial charge < -0.3 is 37.6 Å². The van der Waals surface area contributed by atoms with Crippen molar-refractivity contribution >= 4 is 41.4 Å². The summed E-state index contributed by atoms with van der Waals surface area (Å²) in [6.45, 7) is -0.758. The maximum absolute atomic E-state index is 12.8. The summed E-state index contributed by atoms with van der Waals surface area (Å²) in [7, 11) is 0. The number of hydrogen-bond donors (Lipinski definition) is 7. The van der Waals surface area contributed by atoms with Crippen LogP contribution in [0.25, 0.3) is 0 Å². The molecule has 0 radical (unpaired) electrons. The van der Waals surface area contributed by atoms with Crippen LogP contribution in [0.5, 0.6) is 0 Å². The lowest BCUT2D eigenvalue weighted by Gasteiger charge is -2.24. The van der Waals surface area contributed by atoms with Crippen molar-refractivity contribution in [3.63, 3.8) is 0 Å². The van der Waals surface area contributed by atoms with Gasteiger partial charge in [0.1, 0.15) is 18.1 Å². The first-order chi connectivity index (χ1) is 16.1. The number of thioether (sulfide) groups is 1. The van der Waals surface area contributed by atoms with Crippen LogP contribution in [0.3, 0.4) is 0 Å². The number of hydrogen-bond acceptors (Lipinski definition) is 8. The molecular weight excluding hydrogens is 466 g/mol. The Morgan fingerprint density at radius 1 is 0.941 bits per heavy atom. The molecule has 9 N–H and O–H groups in total. The second kappa shape index (κ2) is 14.9. The Balaban J connectivity index is 2.99. The van der Waals surface area contributed by atoms with Crippen molar-refractivity contribution in [1.29, 1.82) is 0 Å². The minimum Gasteiger partial charge on any atom is -0.480 e. The third kappa shape index (κ3) is 10.2. The largest absolute Gasteiger partial charge is 0.480 e. The number of benzene rings is 1. The van der Waals surface area contributed by atoms with E-state index in [-0.39, 0.29) is 6.42 Å². The standard InChI is InChI=1S/C21H31N5O7S/c1-34-8-7-13(22)18(29)26-16(11-27)20(31)24-14(9-12-5-3-2-4-6-12)19(30)25-15(21(32)33)10-17(23)28/h2-6,13-16,27H,7-11,22H2,1H3,(H2,23,28)(H,24,31)(H,25,30)(H,26,29)(H,32,33). The van der Waals surface area contributed by atoms with Gasteiger partial charge in [-0.25, -0.2) is 4.79 Å². The first-order valence-electron chi connectivity index (χ1n) is 10.4. The average Bonchev–Trinajstić information content (AvgIpc) is 2.79. The maximum Gasteiger partial charge on any atom is 0.326 e. The molecule has 0 aliphatic carbocycles. The third-order valence-electron chi connectivity index (χ3n) is 4.72. The molecule has 0 saturated carbocycles. The Bertz CT molecular complexity index is 855. The van der Waals surface area contributed by atoms with Crippen LogP contribution in [-0.4, -0.2) is 82.6 Å². The van der Waals surface area contributed by atoms with E-state index in [1.165, 1.54) is 11.8 Å². The number of carbonyl (C=O) groups excluding carboxylic acids is 4. The molecule has 4 atom stereocenters. The quantitative estimate of drug-likeness (QED) is 0.139. The highest BCUT2D eigenvalue weighted by atomic mass is 32.2. The predicted octanol–water partition coefficient (Wildman–Crippen LogP) is -2.28. The van der Waals surface area contributed by atoms with Crippen molar-refractivity contribution in [2.45, 2.75) is 43.4 Å². The minimum absolute atomic E-state index is 0.0271. The van der Waals surface area contributed by atoms with Crippen LogP contribution in [0.2, 0.25) is 0 Å². The number of aliphatic hydroxyl groups excluding tert-OH is 1. The number of carboxylic acids is 1. The molecule has 188 valence electrons. The number of carbonyl (C=O) groups is 5. The molecule has 4 amide bonds. The van der Waals surface area contributed by atoms with Gasteiger partial charge in [-0.3, -0.25) is 19.2 Å². The molecule has 0 aliphatic rings. The van der Waals surface area contributed by atoms with Gasteiger partial charge in [0.2, 0.25) is 23.6 Å². The summed E-state index contributed by atoms with van der Waals surface area (Å²) < 4.78 is 0. The SMILES string of the molecule is CSCCC(N)C(=O)NC(CO)C(=O)NC(Cc1ccccc1)C(=O)NC(CC(N)=O)C(=O)O. The number of primary amides is 1. The molecule has 0 bridgehead atoms. The molecule has 0 aromatic heterocycles. The minimum atomic E-state index is -1.59. The predicted molar refractivity (Wildman–Crippen MR) is 125 cm³/mol. The van der Waals surface area contributed by atoms with Crippen molar-refractivity contribution in [1.82, 2.24) is 16.0 Å². The number of nitrogens with two attached hydrogens (primary N) is 2. The summed E-state index contributed by atoms with van der Waals surface area (Å²) in [5.74, 6) is -4.18. The van der Waals surface area contributed by atoms with Crippen LogP contribution in [0.4, 0.5) is 0 Å². The Labute approximate surface area is 201 Å². The zero-order chi connectivity index (χ0) is 25.7. The van der Waals surface area contributed by atoms with Gasteiger partial charge >= 0.3 is 5.97 Å². The van der Waals surface area contributed by atoms with Gasteiger partial charge in [-0.1, -0.05) is 30.3 Å². The number of carboxylic acid groups (broad SMARTS) is 1. The number of aliphatic hydroxyl groups is 1. The fraction of sp³-hybridized carbons (Fsp3) is 0.476. The van der Waals surface area contributed by atoms with Gasteiger partial charge in [-0.2, -0.15) is 11.8 Å². The normalized spacial score (nSPS) is 14.2. The zero-order valence-electron chi connectivity index (χ0n) is 18.7. The van der Waals surface area contributed by atoms with E-state index >= 15 is 0 Å². The van der Waals surface area contributed by atoms with Gasteiger partial charge in [0.15, 0.2) is 0 Å². The number of aliphatic carboxylic acids is 1. The second-order valence-electron chi connectivity index (χ2n) is 7.45. The molecule has 0 saturated heterocycles. The Morgan fingerprint density at radius 2 is 1.50 bits per heavy atom. The average molecular weight is 498 g/mol. The summed E-state index contributed by atoms with van der Waals surface area (Å²) in [6, 6.07) is 3.42. The van der Waals surface area contributed by atoms with Crippen LogP contribution in [-0.2, 0) is 30.4 Å². The van der Waals surface area contributed by atoms with Crippen LogP contribution < -0.4 is 27.4 Å². The van der Waals surface area contributed by atoms with Crippen LogP contribution >= 0.6 is 11.8 Å². The lowest BCUT2D eigenvalue weighted by molar-refractivity contribution is -0.143. The van der Waals surface area contributed by atoms with Crippen molar-refractivity contribution in [2.75, 3.05) is 18.6 Å². The molecule has 1 aromatic rings. The fourth-order valence-electron chi connectivity index (χ4n) is 2.85. The van der Waals surface area contributed by atoms with Crippen molar-refractivity contribution in [3.05, 3.63) is 35.9 Å². The zero-order valence-corrected chi connectivity index (χ0v) is 19.5. The van der Waals surface area contributed by atoms with E-state index in [1.807, 2.05) is 6.26 Å². The fourth-order valence-corrected chi connectivity index (χ4v) is 3.34. The van der Waals surface area contributed by atoms with Gasteiger partial charge in [-0.05, 0) is 24.0 Å². The molecule has 0 heterocycles. The van der Waals surface area contributed by atoms with Crippen molar-refractivity contribution in [3.8, 4) is 0 Å². The molecule has 0 spiro atoms. The van der Waals surface area contributed by atoms with Crippen molar-refractivity contribution in [2.24, 2.45) is 11.5 Å². The van der Waals surface area contributed by atoms with Gasteiger partial charge in [0.05, 0.1) is 19.1 Å². The Morgan fingerprint density at radius 3 is 2.03 bits per heavy atom. The third-order valence-corrected chi connectivity index (χ3v) is 5.36. The lowest BCUT2D eigenvalue weighted by Crippen LogP contribution is -2.58. The molecule has 1 rings (SSSR count). The van der Waals surface area contributed by atoms with Crippen LogP contribution in [0.1, 0.15) is 18.4 Å². The van der Waals surface area contributed by atoms with E-state index in [0.717, 1.165) is 0 Å². The number of amides is 4. The lowest BCUT2D eigenvalue weighted by atomic mass is 10.0. The van der Waals surface area contributed by atoms with E-state index in [4.69, 9.17) is 11.5 Å². The van der Waals surface area contributed by atoms with E-state index in [9.17, 15) is 34.2 Å². The monoisotopic (exact) mass is 497 g/mol. The molecule has 12 nitrogen and oxygen atoms in total. The summed E-state index contributed by atoms with van der Waals surface area (Å²) in [6.07, 6.45) is 1.55. The van der Waals surface area contributed by atoms with E-state index in [0.29, 0.717) is 17.7 Å². The summed E-state index contributed by atoms with van der Waals surface area (Å²) in [5, 5.41) is 25.8. The van der Waals surface area contributed by atoms with Crippen LogP contribution in [0, 0.1) is 0 Å². The second-order valence-corrected chi connectivity index (χ2v) is 8.44. The molecule has 0 fully saturated rings. The number of nitrogens with one attached hydrogen (secondary N) is 3. The maximum atomic E-state index is 12.8. The highest BCUT2D eigenvalue weighted by Crippen LogP contribution is 2.06. The molecular formula is C21H31N5O7S. The topological polar surface area (TPSA) is 214 Å². The van der Waals surface area contributed by atoms with E-state index in [1.54, 1.807) is 30.3 Å². The first-order valence-corrected chi connectivity index (χ1v) is 11.8. The van der Waals surface area contributed by atoms with E-state index < -0.39 is 66.8 Å². The summed E-state index contributed by atoms with van der Waals surface area (Å²) in [4.78, 5) is 60.3. The van der Waals surface area contributed by atoms with Gasteiger partial charge in [0.25, 0.3) is 0 Å². The number of rotatable bonds is 15. The van der Waals surface area contributed by atoms with Crippen molar-refractivity contribution < 1.29 is 34.2 Å². The molecule has 0 aliphatic heterocycles. The highest BCUT2D eigenvalue weighted by Gasteiger charge is 2.30. The summed E-state index contributed by atoms with van der Waals surface area (Å²) >= 11 is 1.50. The highest BCUT2D eigenvalue weighted by molar-refractivity contribution is 7.98. The Kier molecular flexibility index (Phi) is 12.6. The van der Waals surface area contributed by atoms with E-state index in [2.05, 4.69) is 16.0 Å². The molecule has 1 aromatic carbocycles. The Hall–Kier alpha value is -3.16. The van der Waals surface area contributed by atoms with Gasteiger partial charge in [0, 0.05) is 6.42 Å². The molecule has 34 heavy (non-hydrogen) atoms. The first kappa shape index (κ1) is 28.9. The smallest absolute Gasteiger partial charge is 0.326 e. The van der Waals surface area contributed by atoms with Crippen LogP contribution in [0.15, 0.2) is 30.3 Å². The molecule has 13 heteroatoms. The summed E-state index contributed by atoms with van der Waals surface area (Å²) in [5.41, 5.74) is 11.5.